The van der Waals surface area contributed by atoms with Crippen molar-refractivity contribution in [2.24, 2.45) is 5.73 Å². The van der Waals surface area contributed by atoms with E-state index in [1.165, 1.54) is 5.56 Å². The second kappa shape index (κ2) is 7.05. The van der Waals surface area contributed by atoms with Gasteiger partial charge >= 0.3 is 0 Å². The molecule has 1 heterocycles. The summed E-state index contributed by atoms with van der Waals surface area (Å²) in [6.07, 6.45) is 3.23. The molecule has 1 atom stereocenters. The summed E-state index contributed by atoms with van der Waals surface area (Å²) in [7, 11) is 0. The highest BCUT2D eigenvalue weighted by atomic mass is 16.5. The molecule has 0 spiro atoms. The van der Waals surface area contributed by atoms with Gasteiger partial charge in [-0.3, -0.25) is 4.79 Å². The molecule has 1 aliphatic rings. The number of aryl methyl sites for hydroxylation is 1. The predicted octanol–water partition coefficient (Wildman–Crippen LogP) is 1.97. The van der Waals surface area contributed by atoms with Crippen LogP contribution in [0.4, 0.5) is 0 Å². The van der Waals surface area contributed by atoms with E-state index >= 15 is 0 Å². The minimum Gasteiger partial charge on any atom is -0.375 e. The Labute approximate surface area is 127 Å². The first-order valence-electron chi connectivity index (χ1n) is 7.70. The third kappa shape index (κ3) is 4.83. The van der Waals surface area contributed by atoms with Crippen molar-refractivity contribution in [3.8, 4) is 0 Å². The highest BCUT2D eigenvalue weighted by molar-refractivity contribution is 5.85. The molecule has 1 amide bonds. The minimum atomic E-state index is -0.800. The van der Waals surface area contributed by atoms with E-state index in [0.717, 1.165) is 19.3 Å². The van der Waals surface area contributed by atoms with Gasteiger partial charge in [-0.25, -0.2) is 0 Å². The molecule has 0 radical (unpaired) electrons. The van der Waals surface area contributed by atoms with Gasteiger partial charge in [0, 0.05) is 13.1 Å². The van der Waals surface area contributed by atoms with Crippen molar-refractivity contribution in [1.82, 2.24) is 4.90 Å². The van der Waals surface area contributed by atoms with Crippen LogP contribution in [0.3, 0.4) is 0 Å². The maximum absolute atomic E-state index is 12.2. The van der Waals surface area contributed by atoms with Gasteiger partial charge in [0.15, 0.2) is 0 Å². The summed E-state index contributed by atoms with van der Waals surface area (Å²) in [6.45, 7) is 5.44. The van der Waals surface area contributed by atoms with Crippen LogP contribution >= 0.6 is 0 Å². The molecule has 0 aliphatic carbocycles. The summed E-state index contributed by atoms with van der Waals surface area (Å²) >= 11 is 0. The van der Waals surface area contributed by atoms with Gasteiger partial charge < -0.3 is 15.4 Å². The number of amides is 1. The number of rotatable bonds is 5. The second-order valence-electron chi connectivity index (χ2n) is 6.34. The monoisotopic (exact) mass is 290 g/mol. The molecule has 1 aliphatic heterocycles. The third-order valence-electron chi connectivity index (χ3n) is 3.81. The third-order valence-corrected chi connectivity index (χ3v) is 3.81. The highest BCUT2D eigenvalue weighted by Crippen LogP contribution is 2.15. The molecule has 0 unspecified atom stereocenters. The number of carbonyl (C=O) groups is 1. The molecule has 2 N–H and O–H groups in total. The number of nitrogens with two attached hydrogens (primary N) is 1. The molecule has 1 aromatic rings. The van der Waals surface area contributed by atoms with Gasteiger partial charge in [0.25, 0.3) is 0 Å². The fourth-order valence-corrected chi connectivity index (χ4v) is 2.66. The SMILES string of the molecule is CC(C)(N)C(=O)N1CCO[C@@H](CCCc2ccccc2)C1. The Bertz CT molecular complexity index is 454. The Morgan fingerprint density at radius 2 is 2.10 bits per heavy atom. The number of hydrogen-bond acceptors (Lipinski definition) is 3. The van der Waals surface area contributed by atoms with Crippen molar-refractivity contribution in [3.05, 3.63) is 35.9 Å². The van der Waals surface area contributed by atoms with Gasteiger partial charge in [-0.2, -0.15) is 0 Å². The van der Waals surface area contributed by atoms with Crippen molar-refractivity contribution < 1.29 is 9.53 Å². The second-order valence-corrected chi connectivity index (χ2v) is 6.34. The zero-order valence-corrected chi connectivity index (χ0v) is 13.0. The van der Waals surface area contributed by atoms with Crippen LogP contribution in [-0.2, 0) is 16.0 Å². The molecule has 0 saturated carbocycles. The predicted molar refractivity (Wildman–Crippen MR) is 84.0 cm³/mol. The molecule has 21 heavy (non-hydrogen) atoms. The Balaban J connectivity index is 1.78. The Kier molecular flexibility index (Phi) is 5.37. The molecule has 0 aromatic heterocycles. The number of morpholine rings is 1. The summed E-state index contributed by atoms with van der Waals surface area (Å²) in [5.41, 5.74) is 6.45. The molecule has 1 saturated heterocycles. The molecular formula is C17H26N2O2. The average Bonchev–Trinajstić information content (AvgIpc) is 2.47. The Morgan fingerprint density at radius 3 is 2.76 bits per heavy atom. The largest absolute Gasteiger partial charge is 0.375 e. The first-order valence-corrected chi connectivity index (χ1v) is 7.70. The maximum atomic E-state index is 12.2. The van der Waals surface area contributed by atoms with Crippen LogP contribution in [0.15, 0.2) is 30.3 Å². The van der Waals surface area contributed by atoms with Gasteiger partial charge in [0.05, 0.1) is 18.2 Å². The van der Waals surface area contributed by atoms with Crippen LogP contribution in [0.25, 0.3) is 0 Å². The maximum Gasteiger partial charge on any atom is 0.242 e. The molecule has 1 fully saturated rings. The molecule has 4 nitrogen and oxygen atoms in total. The van der Waals surface area contributed by atoms with Gasteiger partial charge in [0.1, 0.15) is 0 Å². The highest BCUT2D eigenvalue weighted by Gasteiger charge is 2.31. The van der Waals surface area contributed by atoms with E-state index in [9.17, 15) is 4.79 Å². The van der Waals surface area contributed by atoms with Gasteiger partial charge in [-0.15, -0.1) is 0 Å². The lowest BCUT2D eigenvalue weighted by atomic mass is 10.0. The van der Waals surface area contributed by atoms with Crippen LogP contribution in [0.2, 0.25) is 0 Å². The normalized spacial score (nSPS) is 19.6. The smallest absolute Gasteiger partial charge is 0.242 e. The van der Waals surface area contributed by atoms with E-state index in [4.69, 9.17) is 10.5 Å². The topological polar surface area (TPSA) is 55.6 Å². The summed E-state index contributed by atoms with van der Waals surface area (Å²) in [5, 5.41) is 0. The molecular weight excluding hydrogens is 264 g/mol. The zero-order valence-electron chi connectivity index (χ0n) is 13.0. The molecule has 4 heteroatoms. The lowest BCUT2D eigenvalue weighted by molar-refractivity contribution is -0.143. The van der Waals surface area contributed by atoms with Crippen molar-refractivity contribution in [3.63, 3.8) is 0 Å². The van der Waals surface area contributed by atoms with E-state index in [1.807, 2.05) is 11.0 Å². The lowest BCUT2D eigenvalue weighted by Crippen LogP contribution is -2.55. The lowest BCUT2D eigenvalue weighted by Gasteiger charge is -2.36. The standard InChI is InChI=1S/C17H26N2O2/c1-17(2,18)16(20)19-11-12-21-15(13-19)10-6-9-14-7-4-3-5-8-14/h3-5,7-8,15H,6,9-13,18H2,1-2H3/t15-/m0/s1. The molecule has 116 valence electrons. The summed E-state index contributed by atoms with van der Waals surface area (Å²) in [5.74, 6) is 0.0128. The number of ether oxygens (including phenoxy) is 1. The van der Waals surface area contributed by atoms with Crippen LogP contribution in [0.1, 0.15) is 32.3 Å². The van der Waals surface area contributed by atoms with Crippen molar-refractivity contribution in [1.29, 1.82) is 0 Å². The first-order chi connectivity index (χ1) is 9.97. The summed E-state index contributed by atoms with van der Waals surface area (Å²) in [6, 6.07) is 10.5. The molecule has 0 bridgehead atoms. The fraction of sp³-hybridized carbons (Fsp3) is 0.588. The van der Waals surface area contributed by atoms with Gasteiger partial charge in [-0.1, -0.05) is 30.3 Å². The minimum absolute atomic E-state index is 0.0128. The van der Waals surface area contributed by atoms with E-state index < -0.39 is 5.54 Å². The fourth-order valence-electron chi connectivity index (χ4n) is 2.66. The van der Waals surface area contributed by atoms with E-state index in [1.54, 1.807) is 13.8 Å². The van der Waals surface area contributed by atoms with Crippen molar-refractivity contribution in [2.45, 2.75) is 44.8 Å². The van der Waals surface area contributed by atoms with E-state index in [0.29, 0.717) is 19.7 Å². The number of hydrogen-bond donors (Lipinski definition) is 1. The Hall–Kier alpha value is -1.39. The molecule has 2 rings (SSSR count). The molecule has 1 aromatic carbocycles. The van der Waals surface area contributed by atoms with Crippen LogP contribution in [-0.4, -0.2) is 42.1 Å². The zero-order chi connectivity index (χ0) is 15.3. The van der Waals surface area contributed by atoms with Gasteiger partial charge in [-0.05, 0) is 38.7 Å². The number of carbonyl (C=O) groups excluding carboxylic acids is 1. The quantitative estimate of drug-likeness (QED) is 0.902. The average molecular weight is 290 g/mol. The number of benzene rings is 1. The Morgan fingerprint density at radius 1 is 1.38 bits per heavy atom. The van der Waals surface area contributed by atoms with E-state index in [2.05, 4.69) is 24.3 Å². The van der Waals surface area contributed by atoms with Crippen LogP contribution < -0.4 is 5.73 Å². The van der Waals surface area contributed by atoms with Gasteiger partial charge in [0.2, 0.25) is 5.91 Å². The van der Waals surface area contributed by atoms with Crippen LogP contribution in [0.5, 0.6) is 0 Å². The summed E-state index contributed by atoms with van der Waals surface area (Å²) in [4.78, 5) is 14.0. The number of nitrogens with zero attached hydrogens (tertiary/aromatic N) is 1. The van der Waals surface area contributed by atoms with Crippen molar-refractivity contribution >= 4 is 5.91 Å². The summed E-state index contributed by atoms with van der Waals surface area (Å²) < 4.78 is 5.77. The van der Waals surface area contributed by atoms with Crippen LogP contribution in [0, 0.1) is 0 Å². The van der Waals surface area contributed by atoms with E-state index in [-0.39, 0.29) is 12.0 Å². The first kappa shape index (κ1) is 16.0. The van der Waals surface area contributed by atoms with Crippen molar-refractivity contribution in [2.75, 3.05) is 19.7 Å².